The summed E-state index contributed by atoms with van der Waals surface area (Å²) >= 11 is 0. The Balaban J connectivity index is 2.54. The molecule has 0 aliphatic rings. The summed E-state index contributed by atoms with van der Waals surface area (Å²) in [5.74, 6) is 0.792. The van der Waals surface area contributed by atoms with Crippen LogP contribution in [0.1, 0.15) is 32.8 Å². The summed E-state index contributed by atoms with van der Waals surface area (Å²) in [6, 6.07) is 9.83. The molecule has 3 nitrogen and oxygen atoms in total. The second-order valence-corrected chi connectivity index (χ2v) is 5.18. The standard InChI is InChI=1S/C15H22N2O/c1-4-15(2,3)12-17-11-13-7-5-6-8-14(13)18-10-9-16/h5-8,17H,4,10-12H2,1-3H3. The minimum atomic E-state index is 0.0947. The van der Waals surface area contributed by atoms with Crippen molar-refractivity contribution in [3.63, 3.8) is 0 Å². The molecule has 0 fully saturated rings. The van der Waals surface area contributed by atoms with Gasteiger partial charge in [0.25, 0.3) is 0 Å². The lowest BCUT2D eigenvalue weighted by Crippen LogP contribution is -2.28. The van der Waals surface area contributed by atoms with Crippen molar-refractivity contribution in [2.45, 2.75) is 33.7 Å². The molecule has 1 aromatic rings. The monoisotopic (exact) mass is 246 g/mol. The molecule has 18 heavy (non-hydrogen) atoms. The quantitative estimate of drug-likeness (QED) is 0.804. The van der Waals surface area contributed by atoms with Gasteiger partial charge in [0.05, 0.1) is 0 Å². The van der Waals surface area contributed by atoms with Crippen molar-refractivity contribution in [3.05, 3.63) is 29.8 Å². The number of nitrogens with zero attached hydrogens (tertiary/aromatic N) is 1. The molecule has 3 heteroatoms. The average Bonchev–Trinajstić information content (AvgIpc) is 2.37. The Labute approximate surface area is 110 Å². The first-order valence-corrected chi connectivity index (χ1v) is 6.37. The zero-order valence-corrected chi connectivity index (χ0v) is 11.5. The molecular formula is C15H22N2O. The molecule has 0 aliphatic carbocycles. The lowest BCUT2D eigenvalue weighted by molar-refractivity contribution is 0.324. The van der Waals surface area contributed by atoms with E-state index < -0.39 is 0 Å². The molecule has 0 aromatic heterocycles. The third-order valence-electron chi connectivity index (χ3n) is 3.14. The van der Waals surface area contributed by atoms with E-state index >= 15 is 0 Å². The molecule has 1 aromatic carbocycles. The van der Waals surface area contributed by atoms with E-state index in [9.17, 15) is 0 Å². The minimum absolute atomic E-state index is 0.0947. The molecule has 0 radical (unpaired) electrons. The number of ether oxygens (including phenoxy) is 1. The topological polar surface area (TPSA) is 45.0 Å². The maximum atomic E-state index is 8.54. The van der Waals surface area contributed by atoms with E-state index in [-0.39, 0.29) is 6.61 Å². The molecule has 0 saturated carbocycles. The number of benzene rings is 1. The van der Waals surface area contributed by atoms with Gasteiger partial charge in [0.1, 0.15) is 11.8 Å². The van der Waals surface area contributed by atoms with E-state index in [1.165, 1.54) is 0 Å². The van der Waals surface area contributed by atoms with Crippen LogP contribution in [0.3, 0.4) is 0 Å². The van der Waals surface area contributed by atoms with Crippen LogP contribution in [0, 0.1) is 16.7 Å². The van der Waals surface area contributed by atoms with E-state index in [4.69, 9.17) is 10.00 Å². The molecule has 0 aliphatic heterocycles. The molecule has 1 rings (SSSR count). The molecule has 0 saturated heterocycles. The van der Waals surface area contributed by atoms with Crippen LogP contribution < -0.4 is 10.1 Å². The fourth-order valence-corrected chi connectivity index (χ4v) is 1.56. The number of hydrogen-bond acceptors (Lipinski definition) is 3. The zero-order chi connectivity index (χ0) is 13.4. The molecule has 0 unspecified atom stereocenters. The van der Waals surface area contributed by atoms with Crippen LogP contribution >= 0.6 is 0 Å². The van der Waals surface area contributed by atoms with Gasteiger partial charge in [-0.2, -0.15) is 5.26 Å². The van der Waals surface area contributed by atoms with E-state index in [1.807, 2.05) is 30.3 Å². The molecule has 0 amide bonds. The molecule has 0 atom stereocenters. The summed E-state index contributed by atoms with van der Waals surface area (Å²) < 4.78 is 5.39. The van der Waals surface area contributed by atoms with E-state index in [2.05, 4.69) is 26.1 Å². The van der Waals surface area contributed by atoms with Crippen molar-refractivity contribution < 1.29 is 4.74 Å². The largest absolute Gasteiger partial charge is 0.478 e. The van der Waals surface area contributed by atoms with Crippen molar-refractivity contribution in [1.29, 1.82) is 5.26 Å². The summed E-state index contributed by atoms with van der Waals surface area (Å²) in [4.78, 5) is 0. The Hall–Kier alpha value is -1.53. The first-order chi connectivity index (χ1) is 8.59. The second-order valence-electron chi connectivity index (χ2n) is 5.18. The second kappa shape index (κ2) is 7.03. The number of nitrogens with one attached hydrogen (secondary N) is 1. The Morgan fingerprint density at radius 2 is 2.06 bits per heavy atom. The van der Waals surface area contributed by atoms with Crippen molar-refractivity contribution in [1.82, 2.24) is 5.32 Å². The van der Waals surface area contributed by atoms with Crippen LogP contribution in [0.4, 0.5) is 0 Å². The van der Waals surface area contributed by atoms with Crippen molar-refractivity contribution in [3.8, 4) is 11.8 Å². The third-order valence-corrected chi connectivity index (χ3v) is 3.14. The first-order valence-electron chi connectivity index (χ1n) is 6.37. The van der Waals surface area contributed by atoms with Crippen molar-refractivity contribution >= 4 is 0 Å². The van der Waals surface area contributed by atoms with Crippen LogP contribution in [0.5, 0.6) is 5.75 Å². The zero-order valence-electron chi connectivity index (χ0n) is 11.5. The van der Waals surface area contributed by atoms with Gasteiger partial charge >= 0.3 is 0 Å². The van der Waals surface area contributed by atoms with E-state index in [0.29, 0.717) is 5.41 Å². The number of para-hydroxylation sites is 1. The predicted octanol–water partition coefficient (Wildman–Crippen LogP) is 3.11. The number of nitriles is 1. The summed E-state index contributed by atoms with van der Waals surface area (Å²) in [5, 5.41) is 12.0. The average molecular weight is 246 g/mol. The van der Waals surface area contributed by atoms with Crippen LogP contribution in [0.2, 0.25) is 0 Å². The summed E-state index contributed by atoms with van der Waals surface area (Å²) in [6.07, 6.45) is 1.15. The van der Waals surface area contributed by atoms with Gasteiger partial charge in [0.15, 0.2) is 6.61 Å². The number of hydrogen-bond donors (Lipinski definition) is 1. The lowest BCUT2D eigenvalue weighted by Gasteiger charge is -2.23. The van der Waals surface area contributed by atoms with Gasteiger partial charge in [0.2, 0.25) is 0 Å². The van der Waals surface area contributed by atoms with Gasteiger partial charge in [-0.15, -0.1) is 0 Å². The highest BCUT2D eigenvalue weighted by molar-refractivity contribution is 5.33. The Bertz CT molecular complexity index is 407. The molecule has 0 bridgehead atoms. The van der Waals surface area contributed by atoms with Crippen LogP contribution in [-0.2, 0) is 6.54 Å². The Morgan fingerprint density at radius 1 is 1.33 bits per heavy atom. The SMILES string of the molecule is CCC(C)(C)CNCc1ccccc1OCC#N. The fraction of sp³-hybridized carbons (Fsp3) is 0.533. The third kappa shape index (κ3) is 4.77. The first kappa shape index (κ1) is 14.5. The molecule has 98 valence electrons. The van der Waals surface area contributed by atoms with E-state index in [1.54, 1.807) is 0 Å². The molecule has 1 N–H and O–H groups in total. The van der Waals surface area contributed by atoms with Gasteiger partial charge in [-0.1, -0.05) is 39.0 Å². The lowest BCUT2D eigenvalue weighted by atomic mass is 9.90. The van der Waals surface area contributed by atoms with Gasteiger partial charge in [-0.05, 0) is 17.9 Å². The van der Waals surface area contributed by atoms with Crippen LogP contribution in [0.15, 0.2) is 24.3 Å². The number of rotatable bonds is 7. The smallest absolute Gasteiger partial charge is 0.174 e. The molecule has 0 spiro atoms. The normalized spacial score (nSPS) is 11.0. The highest BCUT2D eigenvalue weighted by Gasteiger charge is 2.14. The van der Waals surface area contributed by atoms with Gasteiger partial charge in [-0.3, -0.25) is 0 Å². The van der Waals surface area contributed by atoms with E-state index in [0.717, 1.165) is 30.8 Å². The molecular weight excluding hydrogens is 224 g/mol. The highest BCUT2D eigenvalue weighted by Crippen LogP contribution is 2.20. The van der Waals surface area contributed by atoms with Crippen molar-refractivity contribution in [2.75, 3.05) is 13.2 Å². The fourth-order valence-electron chi connectivity index (χ4n) is 1.56. The summed E-state index contributed by atoms with van der Waals surface area (Å²) in [6.45, 7) is 8.53. The minimum Gasteiger partial charge on any atom is -0.478 e. The van der Waals surface area contributed by atoms with Crippen molar-refractivity contribution in [2.24, 2.45) is 5.41 Å². The maximum absolute atomic E-state index is 8.54. The van der Waals surface area contributed by atoms with Gasteiger partial charge in [-0.25, -0.2) is 0 Å². The van der Waals surface area contributed by atoms with Crippen LogP contribution in [-0.4, -0.2) is 13.2 Å². The van der Waals surface area contributed by atoms with Gasteiger partial charge < -0.3 is 10.1 Å². The summed E-state index contributed by atoms with van der Waals surface area (Å²) in [7, 11) is 0. The Morgan fingerprint density at radius 3 is 2.72 bits per heavy atom. The predicted molar refractivity (Wildman–Crippen MR) is 73.3 cm³/mol. The van der Waals surface area contributed by atoms with Crippen LogP contribution in [0.25, 0.3) is 0 Å². The maximum Gasteiger partial charge on any atom is 0.174 e. The molecule has 0 heterocycles. The summed E-state index contributed by atoms with van der Waals surface area (Å²) in [5.41, 5.74) is 1.40. The highest BCUT2D eigenvalue weighted by atomic mass is 16.5. The Kier molecular flexibility index (Phi) is 5.67. The van der Waals surface area contributed by atoms with Gasteiger partial charge in [0, 0.05) is 18.7 Å².